The van der Waals surface area contributed by atoms with Crippen molar-refractivity contribution in [3.05, 3.63) is 46.8 Å². The highest BCUT2D eigenvalue weighted by Crippen LogP contribution is 2.41. The molecule has 9 nitrogen and oxygen atoms in total. The summed E-state index contributed by atoms with van der Waals surface area (Å²) in [6, 6.07) is 6.59. The highest BCUT2D eigenvalue weighted by molar-refractivity contribution is 5.96. The number of aryl methyl sites for hydroxylation is 2. The normalized spacial score (nSPS) is 17.3. The molecule has 2 fully saturated rings. The highest BCUT2D eigenvalue weighted by Gasteiger charge is 2.43. The number of carbonyl (C=O) groups excluding carboxylic acids is 3. The van der Waals surface area contributed by atoms with Gasteiger partial charge in [0.05, 0.1) is 17.9 Å². The molecule has 9 heteroatoms. The molecule has 1 N–H and O–H groups in total. The van der Waals surface area contributed by atoms with Gasteiger partial charge < -0.3 is 24.4 Å². The molecule has 0 saturated carbocycles. The summed E-state index contributed by atoms with van der Waals surface area (Å²) in [5, 5.41) is 6.79. The van der Waals surface area contributed by atoms with E-state index in [-0.39, 0.29) is 17.4 Å². The number of likely N-dealkylation sites (tertiary alicyclic amines) is 2. The predicted molar refractivity (Wildman–Crippen MR) is 121 cm³/mol. The highest BCUT2D eigenvalue weighted by atomic mass is 16.5. The maximum Gasteiger partial charge on any atom is 0.338 e. The molecule has 4 rings (SSSR count). The van der Waals surface area contributed by atoms with Gasteiger partial charge in [-0.25, -0.2) is 9.59 Å². The first kappa shape index (κ1) is 22.8. The number of benzene rings is 1. The lowest BCUT2D eigenvalue weighted by molar-refractivity contribution is 0.0525. The standard InChI is InChI=1S/C24H30N4O5/c1-4-32-22(30)18-6-5-7-19(14-18)25-23(31)28-13-10-24(15-28)8-11-27(12-9-24)21(29)20-16(2)26-33-17(20)3/h5-7,14H,4,8-13,15H2,1-3H3,(H,25,31). The van der Waals surface area contributed by atoms with Gasteiger partial charge in [0, 0.05) is 31.9 Å². The third-order valence-electron chi connectivity index (χ3n) is 6.71. The van der Waals surface area contributed by atoms with E-state index in [0.29, 0.717) is 61.1 Å². The summed E-state index contributed by atoms with van der Waals surface area (Å²) in [4.78, 5) is 41.4. The van der Waals surface area contributed by atoms with Crippen molar-refractivity contribution in [2.24, 2.45) is 5.41 Å². The number of amides is 3. The molecule has 0 atom stereocenters. The Kier molecular flexibility index (Phi) is 6.40. The van der Waals surface area contributed by atoms with Crippen LogP contribution in [0.4, 0.5) is 10.5 Å². The molecule has 2 aromatic rings. The zero-order chi connectivity index (χ0) is 23.6. The Hall–Kier alpha value is -3.36. The minimum absolute atomic E-state index is 0.0274. The molecule has 3 amide bonds. The van der Waals surface area contributed by atoms with Gasteiger partial charge in [0.25, 0.3) is 5.91 Å². The van der Waals surface area contributed by atoms with Gasteiger partial charge in [-0.05, 0) is 63.6 Å². The Morgan fingerprint density at radius 1 is 1.12 bits per heavy atom. The van der Waals surface area contributed by atoms with Crippen LogP contribution in [0.1, 0.15) is 58.4 Å². The fourth-order valence-electron chi connectivity index (χ4n) is 4.79. The second kappa shape index (κ2) is 9.25. The van der Waals surface area contributed by atoms with E-state index in [0.717, 1.165) is 19.3 Å². The number of piperidine rings is 1. The van der Waals surface area contributed by atoms with E-state index in [1.54, 1.807) is 45.0 Å². The number of anilines is 1. The monoisotopic (exact) mass is 454 g/mol. The van der Waals surface area contributed by atoms with Crippen molar-refractivity contribution >= 4 is 23.6 Å². The van der Waals surface area contributed by atoms with Gasteiger partial charge in [-0.1, -0.05) is 11.2 Å². The zero-order valence-electron chi connectivity index (χ0n) is 19.3. The van der Waals surface area contributed by atoms with Crippen LogP contribution in [0.15, 0.2) is 28.8 Å². The maximum atomic E-state index is 12.9. The van der Waals surface area contributed by atoms with Crippen molar-refractivity contribution in [2.45, 2.75) is 40.0 Å². The Balaban J connectivity index is 1.33. The zero-order valence-corrected chi connectivity index (χ0v) is 19.3. The summed E-state index contributed by atoms with van der Waals surface area (Å²) in [6.07, 6.45) is 2.62. The molecular formula is C24H30N4O5. The van der Waals surface area contributed by atoms with Crippen LogP contribution in [0, 0.1) is 19.3 Å². The van der Waals surface area contributed by atoms with Gasteiger partial charge in [-0.15, -0.1) is 0 Å². The fraction of sp³-hybridized carbons (Fsp3) is 0.500. The number of hydrogen-bond acceptors (Lipinski definition) is 6. The number of nitrogens with one attached hydrogen (secondary N) is 1. The number of carbonyl (C=O) groups is 3. The number of aromatic nitrogens is 1. The molecule has 3 heterocycles. The first-order chi connectivity index (χ1) is 15.8. The minimum Gasteiger partial charge on any atom is -0.462 e. The molecule has 2 aliphatic heterocycles. The Morgan fingerprint density at radius 2 is 1.82 bits per heavy atom. The molecule has 33 heavy (non-hydrogen) atoms. The lowest BCUT2D eigenvalue weighted by atomic mass is 9.77. The molecule has 2 aliphatic rings. The van der Waals surface area contributed by atoms with Gasteiger partial charge in [0.1, 0.15) is 11.3 Å². The van der Waals surface area contributed by atoms with Crippen LogP contribution in [-0.2, 0) is 4.74 Å². The van der Waals surface area contributed by atoms with Crippen molar-refractivity contribution in [2.75, 3.05) is 38.1 Å². The number of rotatable bonds is 4. The average molecular weight is 455 g/mol. The first-order valence-corrected chi connectivity index (χ1v) is 11.4. The van der Waals surface area contributed by atoms with Crippen LogP contribution in [0.25, 0.3) is 0 Å². The van der Waals surface area contributed by atoms with Crippen molar-refractivity contribution in [1.82, 2.24) is 15.0 Å². The van der Waals surface area contributed by atoms with Gasteiger partial charge in [0.15, 0.2) is 0 Å². The van der Waals surface area contributed by atoms with E-state index >= 15 is 0 Å². The van der Waals surface area contributed by atoms with E-state index in [1.165, 1.54) is 0 Å². The molecule has 0 unspecified atom stereocenters. The SMILES string of the molecule is CCOC(=O)c1cccc(NC(=O)N2CCC3(CCN(C(=O)c4c(C)noc4C)CC3)C2)c1. The van der Waals surface area contributed by atoms with E-state index in [9.17, 15) is 14.4 Å². The third kappa shape index (κ3) is 4.72. The largest absolute Gasteiger partial charge is 0.462 e. The Labute approximate surface area is 193 Å². The second-order valence-corrected chi connectivity index (χ2v) is 8.89. The summed E-state index contributed by atoms with van der Waals surface area (Å²) in [7, 11) is 0. The molecular weight excluding hydrogens is 424 g/mol. The Morgan fingerprint density at radius 3 is 2.45 bits per heavy atom. The molecule has 1 aromatic carbocycles. The van der Waals surface area contributed by atoms with Crippen molar-refractivity contribution in [3.63, 3.8) is 0 Å². The van der Waals surface area contributed by atoms with Crippen LogP contribution in [0.2, 0.25) is 0 Å². The van der Waals surface area contributed by atoms with E-state index < -0.39 is 5.97 Å². The Bertz CT molecular complexity index is 1040. The van der Waals surface area contributed by atoms with Crippen LogP contribution >= 0.6 is 0 Å². The molecule has 0 aliphatic carbocycles. The minimum atomic E-state index is -0.411. The fourth-order valence-corrected chi connectivity index (χ4v) is 4.79. The molecule has 1 aromatic heterocycles. The molecule has 2 saturated heterocycles. The quantitative estimate of drug-likeness (QED) is 0.708. The second-order valence-electron chi connectivity index (χ2n) is 8.89. The van der Waals surface area contributed by atoms with Crippen LogP contribution in [0.3, 0.4) is 0 Å². The number of ether oxygens (including phenoxy) is 1. The smallest absolute Gasteiger partial charge is 0.338 e. The van der Waals surface area contributed by atoms with E-state index in [1.807, 2.05) is 9.80 Å². The van der Waals surface area contributed by atoms with Gasteiger partial charge in [-0.2, -0.15) is 0 Å². The van der Waals surface area contributed by atoms with Crippen LogP contribution in [0.5, 0.6) is 0 Å². The van der Waals surface area contributed by atoms with Gasteiger partial charge in [-0.3, -0.25) is 4.79 Å². The number of urea groups is 1. The summed E-state index contributed by atoms with van der Waals surface area (Å²) >= 11 is 0. The first-order valence-electron chi connectivity index (χ1n) is 11.4. The molecule has 176 valence electrons. The molecule has 0 radical (unpaired) electrons. The van der Waals surface area contributed by atoms with Crippen LogP contribution in [-0.4, -0.2) is 65.6 Å². The predicted octanol–water partition coefficient (Wildman–Crippen LogP) is 3.63. The average Bonchev–Trinajstić information content (AvgIpc) is 3.37. The molecule has 0 bridgehead atoms. The lowest BCUT2D eigenvalue weighted by Gasteiger charge is -2.39. The number of nitrogens with zero attached hydrogens (tertiary/aromatic N) is 3. The summed E-state index contributed by atoms with van der Waals surface area (Å²) in [5.41, 5.74) is 2.17. The van der Waals surface area contributed by atoms with E-state index in [4.69, 9.17) is 9.26 Å². The summed E-state index contributed by atoms with van der Waals surface area (Å²) in [5.74, 6) is 0.107. The third-order valence-corrected chi connectivity index (χ3v) is 6.71. The van der Waals surface area contributed by atoms with Crippen molar-refractivity contribution in [1.29, 1.82) is 0 Å². The van der Waals surface area contributed by atoms with Crippen LogP contribution < -0.4 is 5.32 Å². The molecule has 1 spiro atoms. The van der Waals surface area contributed by atoms with Crippen molar-refractivity contribution < 1.29 is 23.6 Å². The van der Waals surface area contributed by atoms with E-state index in [2.05, 4.69) is 10.5 Å². The number of esters is 1. The summed E-state index contributed by atoms with van der Waals surface area (Å²) < 4.78 is 10.2. The summed E-state index contributed by atoms with van der Waals surface area (Å²) in [6.45, 7) is 8.22. The topological polar surface area (TPSA) is 105 Å². The number of hydrogen-bond donors (Lipinski definition) is 1. The van der Waals surface area contributed by atoms with Gasteiger partial charge in [0.2, 0.25) is 0 Å². The lowest BCUT2D eigenvalue weighted by Crippen LogP contribution is -2.45. The van der Waals surface area contributed by atoms with Gasteiger partial charge >= 0.3 is 12.0 Å². The maximum absolute atomic E-state index is 12.9. The van der Waals surface area contributed by atoms with Crippen molar-refractivity contribution in [3.8, 4) is 0 Å².